The standard InChI is InChI=1S/C8H13NO3S/c1-2-4-9-8(10)7-3-5-13(11,12)6-7/h2,7H,1,3-6H2,(H,9,10). The molecule has 0 saturated carbocycles. The Morgan fingerprint density at radius 3 is 2.77 bits per heavy atom. The zero-order valence-electron chi connectivity index (χ0n) is 7.32. The normalized spacial score (nSPS) is 25.4. The van der Waals surface area contributed by atoms with E-state index in [4.69, 9.17) is 0 Å². The largest absolute Gasteiger partial charge is 0.352 e. The molecule has 0 aromatic heterocycles. The molecule has 1 fully saturated rings. The molecule has 0 spiro atoms. The van der Waals surface area contributed by atoms with Crippen molar-refractivity contribution in [2.45, 2.75) is 6.42 Å². The maximum Gasteiger partial charge on any atom is 0.224 e. The molecule has 0 bridgehead atoms. The average Bonchev–Trinajstić information content (AvgIpc) is 2.42. The summed E-state index contributed by atoms with van der Waals surface area (Å²) in [4.78, 5) is 11.3. The van der Waals surface area contributed by atoms with E-state index in [0.717, 1.165) is 0 Å². The fraction of sp³-hybridized carbons (Fsp3) is 0.625. The van der Waals surface area contributed by atoms with Crippen molar-refractivity contribution in [2.24, 2.45) is 5.92 Å². The molecule has 1 unspecified atom stereocenters. The van der Waals surface area contributed by atoms with Crippen LogP contribution in [0.5, 0.6) is 0 Å². The van der Waals surface area contributed by atoms with Gasteiger partial charge in [0.15, 0.2) is 9.84 Å². The number of amides is 1. The van der Waals surface area contributed by atoms with Crippen molar-refractivity contribution in [3.63, 3.8) is 0 Å². The molecule has 1 aliphatic heterocycles. The monoisotopic (exact) mass is 203 g/mol. The van der Waals surface area contributed by atoms with E-state index >= 15 is 0 Å². The first-order valence-corrected chi connectivity index (χ1v) is 5.96. The van der Waals surface area contributed by atoms with Gasteiger partial charge in [0, 0.05) is 6.54 Å². The smallest absolute Gasteiger partial charge is 0.224 e. The summed E-state index contributed by atoms with van der Waals surface area (Å²) < 4.78 is 22.0. The SMILES string of the molecule is C=CCNC(=O)C1CCS(=O)(=O)C1. The molecule has 1 aliphatic rings. The van der Waals surface area contributed by atoms with E-state index in [-0.39, 0.29) is 23.3 Å². The zero-order valence-corrected chi connectivity index (χ0v) is 8.14. The highest BCUT2D eigenvalue weighted by Gasteiger charge is 2.32. The predicted octanol–water partition coefficient (Wildman–Crippen LogP) is -0.277. The van der Waals surface area contributed by atoms with E-state index in [0.29, 0.717) is 13.0 Å². The lowest BCUT2D eigenvalue weighted by Crippen LogP contribution is -2.31. The first kappa shape index (κ1) is 10.2. The fourth-order valence-corrected chi connectivity index (χ4v) is 3.06. The lowest BCUT2D eigenvalue weighted by atomic mass is 10.1. The van der Waals surface area contributed by atoms with Crippen molar-refractivity contribution in [1.82, 2.24) is 5.32 Å². The topological polar surface area (TPSA) is 63.2 Å². The van der Waals surface area contributed by atoms with Crippen LogP contribution in [0, 0.1) is 5.92 Å². The van der Waals surface area contributed by atoms with E-state index in [9.17, 15) is 13.2 Å². The fourth-order valence-electron chi connectivity index (χ4n) is 1.32. The maximum absolute atomic E-state index is 11.3. The Morgan fingerprint density at radius 2 is 2.31 bits per heavy atom. The molecule has 0 radical (unpaired) electrons. The number of rotatable bonds is 3. The van der Waals surface area contributed by atoms with Crippen LogP contribution in [0.1, 0.15) is 6.42 Å². The van der Waals surface area contributed by atoms with E-state index in [2.05, 4.69) is 11.9 Å². The number of carbonyl (C=O) groups excluding carboxylic acids is 1. The molecule has 1 rings (SSSR count). The van der Waals surface area contributed by atoms with Crippen LogP contribution in [0.25, 0.3) is 0 Å². The number of hydrogen-bond donors (Lipinski definition) is 1. The number of hydrogen-bond acceptors (Lipinski definition) is 3. The summed E-state index contributed by atoms with van der Waals surface area (Å²) in [7, 11) is -2.95. The van der Waals surface area contributed by atoms with E-state index in [1.807, 2.05) is 0 Å². The van der Waals surface area contributed by atoms with Crippen molar-refractivity contribution in [2.75, 3.05) is 18.1 Å². The number of nitrogens with one attached hydrogen (secondary N) is 1. The highest BCUT2D eigenvalue weighted by molar-refractivity contribution is 7.91. The lowest BCUT2D eigenvalue weighted by molar-refractivity contribution is -0.124. The van der Waals surface area contributed by atoms with Crippen LogP contribution < -0.4 is 5.32 Å². The van der Waals surface area contributed by atoms with Gasteiger partial charge in [-0.2, -0.15) is 0 Å². The molecule has 74 valence electrons. The third-order valence-corrected chi connectivity index (χ3v) is 3.79. The van der Waals surface area contributed by atoms with Gasteiger partial charge in [-0.15, -0.1) is 6.58 Å². The van der Waals surface area contributed by atoms with Gasteiger partial charge >= 0.3 is 0 Å². The summed E-state index contributed by atoms with van der Waals surface area (Å²) in [5, 5.41) is 2.59. The molecule has 1 amide bonds. The highest BCUT2D eigenvalue weighted by Crippen LogP contribution is 2.18. The summed E-state index contributed by atoms with van der Waals surface area (Å²) in [5.74, 6) is -0.402. The quantitative estimate of drug-likeness (QED) is 0.642. The molecule has 0 aromatic carbocycles. The van der Waals surface area contributed by atoms with Gasteiger partial charge < -0.3 is 5.32 Å². The third-order valence-electron chi connectivity index (χ3n) is 2.02. The van der Waals surface area contributed by atoms with Crippen molar-refractivity contribution in [3.8, 4) is 0 Å². The molecule has 13 heavy (non-hydrogen) atoms. The van der Waals surface area contributed by atoms with Crippen LogP contribution in [0.3, 0.4) is 0 Å². The molecule has 1 N–H and O–H groups in total. The van der Waals surface area contributed by atoms with Gasteiger partial charge in [-0.25, -0.2) is 8.42 Å². The minimum Gasteiger partial charge on any atom is -0.352 e. The maximum atomic E-state index is 11.3. The Hall–Kier alpha value is -0.840. The molecule has 1 heterocycles. The van der Waals surface area contributed by atoms with E-state index < -0.39 is 9.84 Å². The van der Waals surface area contributed by atoms with E-state index in [1.54, 1.807) is 6.08 Å². The van der Waals surface area contributed by atoms with Crippen LogP contribution in [-0.2, 0) is 14.6 Å². The Bertz CT molecular complexity index is 307. The van der Waals surface area contributed by atoms with Gasteiger partial charge in [-0.3, -0.25) is 4.79 Å². The Labute approximate surface area is 77.9 Å². The lowest BCUT2D eigenvalue weighted by Gasteiger charge is -2.06. The minimum absolute atomic E-state index is 0.00399. The summed E-state index contributed by atoms with van der Waals surface area (Å²) >= 11 is 0. The van der Waals surface area contributed by atoms with Gasteiger partial charge in [0.1, 0.15) is 0 Å². The molecule has 0 aliphatic carbocycles. The molecule has 4 nitrogen and oxygen atoms in total. The van der Waals surface area contributed by atoms with Crippen molar-refractivity contribution in [1.29, 1.82) is 0 Å². The predicted molar refractivity (Wildman–Crippen MR) is 50.0 cm³/mol. The highest BCUT2D eigenvalue weighted by atomic mass is 32.2. The van der Waals surface area contributed by atoms with Crippen LogP contribution in [-0.4, -0.2) is 32.4 Å². The van der Waals surface area contributed by atoms with Crippen molar-refractivity contribution >= 4 is 15.7 Å². The summed E-state index contributed by atoms with van der Waals surface area (Å²) in [6.45, 7) is 3.85. The summed E-state index contributed by atoms with van der Waals surface area (Å²) in [5.41, 5.74) is 0. The van der Waals surface area contributed by atoms with Gasteiger partial charge in [0.25, 0.3) is 0 Å². The van der Waals surface area contributed by atoms with Crippen molar-refractivity contribution < 1.29 is 13.2 Å². The number of sulfone groups is 1. The number of carbonyl (C=O) groups is 1. The van der Waals surface area contributed by atoms with E-state index in [1.165, 1.54) is 0 Å². The zero-order chi connectivity index (χ0) is 9.90. The van der Waals surface area contributed by atoms with Gasteiger partial charge in [0.2, 0.25) is 5.91 Å². The van der Waals surface area contributed by atoms with Gasteiger partial charge in [0.05, 0.1) is 17.4 Å². The molecule has 1 atom stereocenters. The van der Waals surface area contributed by atoms with Crippen LogP contribution in [0.15, 0.2) is 12.7 Å². The second-order valence-electron chi connectivity index (χ2n) is 3.13. The second kappa shape index (κ2) is 3.91. The van der Waals surface area contributed by atoms with Crippen LogP contribution in [0.4, 0.5) is 0 Å². The van der Waals surface area contributed by atoms with Crippen LogP contribution >= 0.6 is 0 Å². The second-order valence-corrected chi connectivity index (χ2v) is 5.36. The molecular weight excluding hydrogens is 190 g/mol. The summed E-state index contributed by atoms with van der Waals surface area (Å²) in [6.07, 6.45) is 2.02. The minimum atomic E-state index is -2.95. The Morgan fingerprint density at radius 1 is 1.62 bits per heavy atom. The van der Waals surface area contributed by atoms with Gasteiger partial charge in [-0.1, -0.05) is 6.08 Å². The first-order chi connectivity index (χ1) is 6.05. The van der Waals surface area contributed by atoms with Crippen molar-refractivity contribution in [3.05, 3.63) is 12.7 Å². The average molecular weight is 203 g/mol. The Kier molecular flexibility index (Phi) is 3.08. The van der Waals surface area contributed by atoms with Gasteiger partial charge in [-0.05, 0) is 6.42 Å². The third kappa shape index (κ3) is 2.84. The molecular formula is C8H13NO3S. The van der Waals surface area contributed by atoms with Crippen LogP contribution in [0.2, 0.25) is 0 Å². The first-order valence-electron chi connectivity index (χ1n) is 4.14. The molecule has 1 saturated heterocycles. The molecule has 5 heteroatoms. The molecule has 0 aromatic rings. The Balaban J connectivity index is 2.47. The summed E-state index contributed by atoms with van der Waals surface area (Å²) in [6, 6.07) is 0.